The predicted octanol–water partition coefficient (Wildman–Crippen LogP) is 7.16. The molecule has 3 heterocycles. The van der Waals surface area contributed by atoms with Crippen molar-refractivity contribution in [2.24, 2.45) is 10.2 Å². The number of fused-ring (bicyclic) bond motifs is 2. The van der Waals surface area contributed by atoms with Crippen LogP contribution in [0.1, 0.15) is 21.9 Å². The van der Waals surface area contributed by atoms with Crippen LogP contribution in [0.15, 0.2) is 89.4 Å². The number of amides is 1. The van der Waals surface area contributed by atoms with E-state index in [9.17, 15) is 9.18 Å². The van der Waals surface area contributed by atoms with Gasteiger partial charge in [-0.3, -0.25) is 4.79 Å². The maximum absolute atomic E-state index is 13.4. The van der Waals surface area contributed by atoms with E-state index in [4.69, 9.17) is 16.3 Å². The maximum Gasteiger partial charge on any atom is 0.230 e. The number of rotatable bonds is 7. The molecular weight excluding hydrogens is 575 g/mol. The fourth-order valence-corrected chi connectivity index (χ4v) is 5.53. The molecule has 2 aromatic heterocycles. The second kappa shape index (κ2) is 12.3. The SMILES string of the molecule is O=C(NCC#Cc1cc2c(Nc3ccc(OCc4cccc(F)c4)c(Cl)c3)ncnc2s1)C1CN=Nc2ccccc21. The summed E-state index contributed by atoms with van der Waals surface area (Å²) in [6.07, 6.45) is 1.48. The van der Waals surface area contributed by atoms with Crippen molar-refractivity contribution in [1.29, 1.82) is 0 Å². The summed E-state index contributed by atoms with van der Waals surface area (Å²) in [6.45, 7) is 0.711. The van der Waals surface area contributed by atoms with E-state index in [1.54, 1.807) is 24.3 Å². The first-order valence-corrected chi connectivity index (χ1v) is 14.1. The van der Waals surface area contributed by atoms with E-state index in [-0.39, 0.29) is 30.8 Å². The molecule has 208 valence electrons. The van der Waals surface area contributed by atoms with Gasteiger partial charge in [0.25, 0.3) is 0 Å². The fourth-order valence-electron chi connectivity index (χ4n) is 4.42. The molecule has 0 saturated carbocycles. The Morgan fingerprint density at radius 2 is 2.00 bits per heavy atom. The highest BCUT2D eigenvalue weighted by molar-refractivity contribution is 7.19. The highest BCUT2D eigenvalue weighted by atomic mass is 35.5. The number of hydrogen-bond donors (Lipinski definition) is 2. The highest BCUT2D eigenvalue weighted by Crippen LogP contribution is 2.33. The number of carbonyl (C=O) groups is 1. The van der Waals surface area contributed by atoms with Gasteiger partial charge in [0, 0.05) is 5.69 Å². The molecule has 0 spiro atoms. The molecule has 1 atom stereocenters. The van der Waals surface area contributed by atoms with E-state index in [1.165, 1.54) is 29.8 Å². The Morgan fingerprint density at radius 3 is 2.88 bits per heavy atom. The number of thiophene rings is 1. The van der Waals surface area contributed by atoms with Crippen molar-refractivity contribution in [3.05, 3.63) is 106 Å². The van der Waals surface area contributed by atoms with E-state index in [0.717, 1.165) is 26.3 Å². The molecule has 0 bridgehead atoms. The Morgan fingerprint density at radius 1 is 1.10 bits per heavy atom. The first-order chi connectivity index (χ1) is 20.5. The summed E-state index contributed by atoms with van der Waals surface area (Å²) in [5.74, 6) is 6.38. The topological polar surface area (TPSA) is 101 Å². The maximum atomic E-state index is 13.4. The van der Waals surface area contributed by atoms with Gasteiger partial charge in [-0.2, -0.15) is 10.2 Å². The molecule has 8 nitrogen and oxygen atoms in total. The number of ether oxygens (including phenoxy) is 1. The van der Waals surface area contributed by atoms with Gasteiger partial charge < -0.3 is 15.4 Å². The zero-order chi connectivity index (χ0) is 28.9. The summed E-state index contributed by atoms with van der Waals surface area (Å²) in [5, 5.41) is 15.6. The van der Waals surface area contributed by atoms with Crippen molar-refractivity contribution in [2.45, 2.75) is 12.5 Å². The number of anilines is 2. The molecule has 1 amide bonds. The van der Waals surface area contributed by atoms with Crippen molar-refractivity contribution >= 4 is 56.3 Å². The van der Waals surface area contributed by atoms with Gasteiger partial charge in [-0.1, -0.05) is 53.8 Å². The number of nitrogens with zero attached hydrogens (tertiary/aromatic N) is 4. The van der Waals surface area contributed by atoms with Crippen LogP contribution >= 0.6 is 22.9 Å². The molecule has 2 N–H and O–H groups in total. The summed E-state index contributed by atoms with van der Waals surface area (Å²) in [5.41, 5.74) is 3.01. The van der Waals surface area contributed by atoms with Crippen LogP contribution in [-0.4, -0.2) is 29.0 Å². The van der Waals surface area contributed by atoms with Crippen LogP contribution in [0.4, 0.5) is 21.6 Å². The van der Waals surface area contributed by atoms with Crippen LogP contribution in [0.5, 0.6) is 5.75 Å². The minimum absolute atomic E-state index is 0.131. The average Bonchev–Trinajstić information content (AvgIpc) is 3.43. The molecule has 0 saturated heterocycles. The minimum atomic E-state index is -0.378. The summed E-state index contributed by atoms with van der Waals surface area (Å²) < 4.78 is 19.2. The number of carbonyl (C=O) groups excluding carboxylic acids is 1. The first-order valence-electron chi connectivity index (χ1n) is 12.9. The van der Waals surface area contributed by atoms with Crippen molar-refractivity contribution in [1.82, 2.24) is 15.3 Å². The molecule has 1 unspecified atom stereocenters. The number of aromatic nitrogens is 2. The molecule has 11 heteroatoms. The van der Waals surface area contributed by atoms with Gasteiger partial charge in [0.1, 0.15) is 35.1 Å². The smallest absolute Gasteiger partial charge is 0.230 e. The summed E-state index contributed by atoms with van der Waals surface area (Å²) in [7, 11) is 0. The van der Waals surface area contributed by atoms with Crippen LogP contribution in [0.3, 0.4) is 0 Å². The van der Waals surface area contributed by atoms with Gasteiger partial charge in [-0.25, -0.2) is 14.4 Å². The van der Waals surface area contributed by atoms with Crippen LogP contribution < -0.4 is 15.4 Å². The van der Waals surface area contributed by atoms with Crippen LogP contribution in [0.2, 0.25) is 5.02 Å². The molecule has 6 rings (SSSR count). The molecule has 5 aromatic rings. The minimum Gasteiger partial charge on any atom is -0.487 e. The Bertz CT molecular complexity index is 1880. The van der Waals surface area contributed by atoms with Gasteiger partial charge >= 0.3 is 0 Å². The molecule has 3 aromatic carbocycles. The second-order valence-corrected chi connectivity index (χ2v) is 10.7. The van der Waals surface area contributed by atoms with Crippen molar-refractivity contribution in [3.8, 4) is 17.6 Å². The van der Waals surface area contributed by atoms with Gasteiger partial charge in [-0.15, -0.1) is 11.3 Å². The van der Waals surface area contributed by atoms with Crippen LogP contribution in [-0.2, 0) is 11.4 Å². The first kappa shape index (κ1) is 27.3. The standard InChI is InChI=1S/C31H22ClFN6O2S/c32-26-14-21(10-11-28(26)41-17-19-5-3-6-20(33)13-19)38-29-24-15-22(42-31(24)36-18-35-29)7-4-12-34-30(40)25-16-37-39-27-9-2-1-8-23(25)27/h1-3,5-6,8-11,13-15,18,25H,12,16-17H2,(H,34,40)(H,35,36,38). The van der Waals surface area contributed by atoms with Crippen LogP contribution in [0, 0.1) is 17.7 Å². The number of halogens is 2. The van der Waals surface area contributed by atoms with Gasteiger partial charge in [0.15, 0.2) is 0 Å². The third kappa shape index (κ3) is 6.22. The molecule has 1 aliphatic heterocycles. The highest BCUT2D eigenvalue weighted by Gasteiger charge is 2.25. The number of nitrogens with one attached hydrogen (secondary N) is 2. The number of hydrogen-bond acceptors (Lipinski definition) is 8. The lowest BCUT2D eigenvalue weighted by Gasteiger charge is -2.18. The molecule has 0 radical (unpaired) electrons. The number of azo groups is 1. The summed E-state index contributed by atoms with van der Waals surface area (Å²) in [4.78, 5) is 23.1. The zero-order valence-corrected chi connectivity index (χ0v) is 23.5. The predicted molar refractivity (Wildman–Crippen MR) is 161 cm³/mol. The lowest BCUT2D eigenvalue weighted by molar-refractivity contribution is -0.122. The van der Waals surface area contributed by atoms with Crippen molar-refractivity contribution < 1.29 is 13.9 Å². The Hall–Kier alpha value is -4.85. The Balaban J connectivity index is 1.09. The lowest BCUT2D eigenvalue weighted by atomic mass is 9.95. The van der Waals surface area contributed by atoms with Gasteiger partial charge in [-0.05, 0) is 53.6 Å². The summed E-state index contributed by atoms with van der Waals surface area (Å²) in [6, 6.07) is 21.0. The van der Waals surface area contributed by atoms with E-state index >= 15 is 0 Å². The normalized spacial score (nSPS) is 13.6. The fraction of sp³-hybridized carbons (Fsp3) is 0.129. The second-order valence-electron chi connectivity index (χ2n) is 9.30. The summed E-state index contributed by atoms with van der Waals surface area (Å²) >= 11 is 7.89. The Kier molecular flexibility index (Phi) is 8.03. The third-order valence-corrected chi connectivity index (χ3v) is 7.70. The molecule has 1 aliphatic rings. The van der Waals surface area contributed by atoms with E-state index in [1.807, 2.05) is 36.4 Å². The quantitative estimate of drug-likeness (QED) is 0.194. The zero-order valence-electron chi connectivity index (χ0n) is 22.0. The molecule has 0 aliphatic carbocycles. The monoisotopic (exact) mass is 596 g/mol. The molecule has 0 fully saturated rings. The average molecular weight is 597 g/mol. The molecular formula is C31H22ClFN6O2S. The number of benzene rings is 3. The van der Waals surface area contributed by atoms with Crippen molar-refractivity contribution in [3.63, 3.8) is 0 Å². The van der Waals surface area contributed by atoms with Gasteiger partial charge in [0.2, 0.25) is 5.91 Å². The largest absolute Gasteiger partial charge is 0.487 e. The molecule has 42 heavy (non-hydrogen) atoms. The van der Waals surface area contributed by atoms with Crippen molar-refractivity contribution in [2.75, 3.05) is 18.4 Å². The van der Waals surface area contributed by atoms with E-state index in [2.05, 4.69) is 42.7 Å². The lowest BCUT2D eigenvalue weighted by Crippen LogP contribution is -2.31. The van der Waals surface area contributed by atoms with E-state index in [0.29, 0.717) is 34.4 Å². The Labute approximate surface area is 249 Å². The van der Waals surface area contributed by atoms with Gasteiger partial charge in [0.05, 0.1) is 40.0 Å². The van der Waals surface area contributed by atoms with E-state index < -0.39 is 0 Å². The third-order valence-electron chi connectivity index (χ3n) is 6.44. The van der Waals surface area contributed by atoms with Crippen LogP contribution in [0.25, 0.3) is 10.2 Å².